The first-order valence-electron chi connectivity index (χ1n) is 7.23. The van der Waals surface area contributed by atoms with Crippen molar-refractivity contribution in [1.29, 1.82) is 0 Å². The molecule has 3 aromatic rings. The fraction of sp³-hybridized carbons (Fsp3) is 0.111. The number of hydrogen-bond acceptors (Lipinski definition) is 2. The smallest absolute Gasteiger partial charge is 0.252 e. The predicted octanol–water partition coefficient (Wildman–Crippen LogP) is 3.78. The van der Waals surface area contributed by atoms with Gasteiger partial charge in [-0.3, -0.25) is 9.59 Å². The summed E-state index contributed by atoms with van der Waals surface area (Å²) in [5.74, 6) is -0.268. The maximum absolute atomic E-state index is 12.6. The number of carbonyl (C=O) groups is 1. The molecule has 1 unspecified atom stereocenters. The summed E-state index contributed by atoms with van der Waals surface area (Å²) in [7, 11) is 0. The van der Waals surface area contributed by atoms with Crippen molar-refractivity contribution in [3.8, 4) is 0 Å². The van der Waals surface area contributed by atoms with Crippen molar-refractivity contribution in [1.82, 2.24) is 10.3 Å². The van der Waals surface area contributed by atoms with Crippen LogP contribution < -0.4 is 10.9 Å². The molecule has 0 bridgehead atoms. The van der Waals surface area contributed by atoms with Crippen molar-refractivity contribution < 1.29 is 4.79 Å². The second-order valence-corrected chi connectivity index (χ2v) is 6.16. The first kappa shape index (κ1) is 15.5. The number of amides is 1. The number of rotatable bonds is 3. The summed E-state index contributed by atoms with van der Waals surface area (Å²) in [6.07, 6.45) is 0. The van der Waals surface area contributed by atoms with E-state index in [9.17, 15) is 9.59 Å². The third-order valence-corrected chi connectivity index (χ3v) is 4.44. The topological polar surface area (TPSA) is 62.0 Å². The van der Waals surface area contributed by atoms with Crippen LogP contribution in [0.2, 0.25) is 0 Å². The Bertz CT molecular complexity index is 933. The quantitative estimate of drug-likeness (QED) is 0.736. The molecule has 0 aliphatic heterocycles. The highest BCUT2D eigenvalue weighted by atomic mass is 79.9. The lowest BCUT2D eigenvalue weighted by molar-refractivity contribution is 0.0941. The fourth-order valence-corrected chi connectivity index (χ4v) is 3.20. The van der Waals surface area contributed by atoms with Gasteiger partial charge in [-0.25, -0.2) is 0 Å². The minimum Gasteiger partial charge on any atom is -0.345 e. The van der Waals surface area contributed by atoms with Gasteiger partial charge in [0.1, 0.15) is 0 Å². The van der Waals surface area contributed by atoms with Gasteiger partial charge in [-0.15, -0.1) is 0 Å². The Labute approximate surface area is 141 Å². The van der Waals surface area contributed by atoms with Gasteiger partial charge in [0.25, 0.3) is 5.91 Å². The number of carbonyl (C=O) groups excluding carboxylic acids is 1. The summed E-state index contributed by atoms with van der Waals surface area (Å²) in [4.78, 5) is 27.1. The number of nitrogens with one attached hydrogen (secondary N) is 2. The van der Waals surface area contributed by atoms with Gasteiger partial charge < -0.3 is 10.3 Å². The normalized spacial score (nSPS) is 12.1. The third-order valence-electron chi connectivity index (χ3n) is 3.71. The Morgan fingerprint density at radius 3 is 2.61 bits per heavy atom. The summed E-state index contributed by atoms with van der Waals surface area (Å²) in [5.41, 5.74) is 1.72. The maximum atomic E-state index is 12.6. The lowest BCUT2D eigenvalue weighted by Crippen LogP contribution is -2.28. The van der Waals surface area contributed by atoms with E-state index in [1.807, 2.05) is 49.4 Å². The Balaban J connectivity index is 1.95. The van der Waals surface area contributed by atoms with Gasteiger partial charge in [0.15, 0.2) is 0 Å². The van der Waals surface area contributed by atoms with Crippen LogP contribution in [0.1, 0.15) is 28.9 Å². The summed E-state index contributed by atoms with van der Waals surface area (Å²) in [6.45, 7) is 1.91. The maximum Gasteiger partial charge on any atom is 0.252 e. The molecule has 23 heavy (non-hydrogen) atoms. The molecule has 0 saturated carbocycles. The number of pyridine rings is 1. The standard InChI is InChI=1S/C18H15BrN2O2/c1-11(12-6-2-4-8-15(12)19)20-18(23)14-10-17(22)21-16-9-5-3-7-13(14)16/h2-11H,1H3,(H,20,23)(H,21,22). The lowest BCUT2D eigenvalue weighted by atomic mass is 10.1. The van der Waals surface area contributed by atoms with Crippen LogP contribution in [-0.2, 0) is 0 Å². The number of halogens is 1. The summed E-state index contributed by atoms with van der Waals surface area (Å²) in [5, 5.41) is 3.68. The zero-order chi connectivity index (χ0) is 16.4. The van der Waals surface area contributed by atoms with E-state index in [0.29, 0.717) is 11.1 Å². The van der Waals surface area contributed by atoms with Gasteiger partial charge in [0.2, 0.25) is 5.56 Å². The fourth-order valence-electron chi connectivity index (χ4n) is 2.57. The summed E-state index contributed by atoms with van der Waals surface area (Å²) < 4.78 is 0.934. The molecule has 0 spiro atoms. The van der Waals surface area contributed by atoms with Crippen LogP contribution >= 0.6 is 15.9 Å². The first-order valence-corrected chi connectivity index (χ1v) is 8.03. The van der Waals surface area contributed by atoms with E-state index in [1.54, 1.807) is 6.07 Å². The summed E-state index contributed by atoms with van der Waals surface area (Å²) >= 11 is 3.49. The molecule has 116 valence electrons. The number of hydrogen-bond donors (Lipinski definition) is 2. The van der Waals surface area contributed by atoms with E-state index in [1.165, 1.54) is 6.07 Å². The molecule has 0 saturated heterocycles. The molecular weight excluding hydrogens is 356 g/mol. The molecule has 1 heterocycles. The van der Waals surface area contributed by atoms with Gasteiger partial charge in [0, 0.05) is 21.4 Å². The van der Waals surface area contributed by atoms with Crippen molar-refractivity contribution in [2.75, 3.05) is 0 Å². The van der Waals surface area contributed by atoms with Crippen LogP contribution in [0.4, 0.5) is 0 Å². The largest absolute Gasteiger partial charge is 0.345 e. The molecule has 5 heteroatoms. The molecule has 2 N–H and O–H groups in total. The second kappa shape index (κ2) is 6.38. The predicted molar refractivity (Wildman–Crippen MR) is 94.6 cm³/mol. The minimum atomic E-state index is -0.289. The van der Waals surface area contributed by atoms with E-state index < -0.39 is 0 Å². The number of para-hydroxylation sites is 1. The molecule has 1 atom stereocenters. The van der Waals surface area contributed by atoms with Crippen LogP contribution in [0.25, 0.3) is 10.9 Å². The molecule has 1 aromatic heterocycles. The molecule has 1 amide bonds. The zero-order valence-electron chi connectivity index (χ0n) is 12.5. The van der Waals surface area contributed by atoms with Crippen molar-refractivity contribution in [3.63, 3.8) is 0 Å². The number of benzene rings is 2. The van der Waals surface area contributed by atoms with Crippen LogP contribution in [0.15, 0.2) is 63.9 Å². The van der Waals surface area contributed by atoms with Gasteiger partial charge in [-0.1, -0.05) is 52.3 Å². The van der Waals surface area contributed by atoms with E-state index in [0.717, 1.165) is 15.4 Å². The Morgan fingerprint density at radius 1 is 1.13 bits per heavy atom. The Morgan fingerprint density at radius 2 is 1.83 bits per heavy atom. The van der Waals surface area contributed by atoms with E-state index in [2.05, 4.69) is 26.2 Å². The first-order chi connectivity index (χ1) is 11.1. The van der Waals surface area contributed by atoms with Crippen molar-refractivity contribution in [2.24, 2.45) is 0 Å². The number of fused-ring (bicyclic) bond motifs is 1. The molecule has 3 rings (SSSR count). The molecule has 4 nitrogen and oxygen atoms in total. The van der Waals surface area contributed by atoms with E-state index in [4.69, 9.17) is 0 Å². The average Bonchev–Trinajstić information content (AvgIpc) is 2.54. The molecule has 0 fully saturated rings. The van der Waals surface area contributed by atoms with Crippen LogP contribution in [0.5, 0.6) is 0 Å². The summed E-state index contributed by atoms with van der Waals surface area (Å²) in [6, 6.07) is 16.1. The third kappa shape index (κ3) is 3.19. The van der Waals surface area contributed by atoms with Crippen LogP contribution in [0, 0.1) is 0 Å². The van der Waals surface area contributed by atoms with Crippen molar-refractivity contribution in [3.05, 3.63) is 80.6 Å². The van der Waals surface area contributed by atoms with E-state index >= 15 is 0 Å². The monoisotopic (exact) mass is 370 g/mol. The van der Waals surface area contributed by atoms with Crippen molar-refractivity contribution >= 4 is 32.7 Å². The average molecular weight is 371 g/mol. The molecule has 0 radical (unpaired) electrons. The van der Waals surface area contributed by atoms with Gasteiger partial charge in [0.05, 0.1) is 11.6 Å². The van der Waals surface area contributed by atoms with Crippen molar-refractivity contribution in [2.45, 2.75) is 13.0 Å². The lowest BCUT2D eigenvalue weighted by Gasteiger charge is -2.16. The highest BCUT2D eigenvalue weighted by Crippen LogP contribution is 2.23. The van der Waals surface area contributed by atoms with Crippen LogP contribution in [0.3, 0.4) is 0 Å². The number of aromatic nitrogens is 1. The Kier molecular flexibility index (Phi) is 4.30. The highest BCUT2D eigenvalue weighted by Gasteiger charge is 2.16. The minimum absolute atomic E-state index is 0.184. The molecule has 2 aromatic carbocycles. The Hall–Kier alpha value is -2.40. The van der Waals surface area contributed by atoms with Gasteiger partial charge in [-0.2, -0.15) is 0 Å². The number of H-pyrrole nitrogens is 1. The van der Waals surface area contributed by atoms with E-state index in [-0.39, 0.29) is 17.5 Å². The van der Waals surface area contributed by atoms with Crippen LogP contribution in [-0.4, -0.2) is 10.9 Å². The number of aromatic amines is 1. The molecule has 0 aliphatic rings. The molecule has 0 aliphatic carbocycles. The molecular formula is C18H15BrN2O2. The SMILES string of the molecule is CC(NC(=O)c1cc(=O)[nH]c2ccccc12)c1ccccc1Br. The van der Waals surface area contributed by atoms with Gasteiger partial charge >= 0.3 is 0 Å². The second-order valence-electron chi connectivity index (χ2n) is 5.31. The van der Waals surface area contributed by atoms with Gasteiger partial charge in [-0.05, 0) is 24.6 Å². The zero-order valence-corrected chi connectivity index (χ0v) is 14.1. The highest BCUT2D eigenvalue weighted by molar-refractivity contribution is 9.10.